The van der Waals surface area contributed by atoms with E-state index in [2.05, 4.69) is 15.3 Å². The van der Waals surface area contributed by atoms with Crippen molar-refractivity contribution in [3.63, 3.8) is 0 Å². The number of para-hydroxylation sites is 1. The van der Waals surface area contributed by atoms with Crippen LogP contribution in [0.15, 0.2) is 36.5 Å². The maximum absolute atomic E-state index is 13.2. The Hall–Kier alpha value is -2.77. The summed E-state index contributed by atoms with van der Waals surface area (Å²) in [5, 5.41) is 8.44. The van der Waals surface area contributed by atoms with Crippen LogP contribution >= 0.6 is 0 Å². The fourth-order valence-electron chi connectivity index (χ4n) is 3.87. The van der Waals surface area contributed by atoms with Gasteiger partial charge in [0.1, 0.15) is 0 Å². The first-order valence-corrected chi connectivity index (χ1v) is 10.0. The van der Waals surface area contributed by atoms with Crippen LogP contribution in [0.3, 0.4) is 0 Å². The van der Waals surface area contributed by atoms with E-state index >= 15 is 0 Å². The third-order valence-electron chi connectivity index (χ3n) is 5.26. The van der Waals surface area contributed by atoms with E-state index in [9.17, 15) is 4.79 Å². The highest BCUT2D eigenvalue weighted by Crippen LogP contribution is 2.26. The Morgan fingerprint density at radius 3 is 2.76 bits per heavy atom. The summed E-state index contributed by atoms with van der Waals surface area (Å²) in [5.41, 5.74) is 4.04. The topological polar surface area (TPSA) is 72.3 Å². The van der Waals surface area contributed by atoms with Crippen LogP contribution in [0.5, 0.6) is 0 Å². The summed E-state index contributed by atoms with van der Waals surface area (Å²) < 4.78 is 7.17. The van der Waals surface area contributed by atoms with Gasteiger partial charge in [-0.15, -0.1) is 0 Å². The highest BCUT2D eigenvalue weighted by atomic mass is 16.5. The third kappa shape index (κ3) is 4.31. The molecule has 29 heavy (non-hydrogen) atoms. The molecule has 7 nitrogen and oxygen atoms in total. The number of hydrogen-bond acceptors (Lipinski definition) is 5. The van der Waals surface area contributed by atoms with E-state index in [-0.39, 0.29) is 11.9 Å². The first kappa shape index (κ1) is 19.5. The van der Waals surface area contributed by atoms with Crippen molar-refractivity contribution in [3.05, 3.63) is 47.8 Å². The van der Waals surface area contributed by atoms with E-state index in [0.29, 0.717) is 5.56 Å². The first-order chi connectivity index (χ1) is 14.0. The number of carbonyl (C=O) groups is 1. The minimum atomic E-state index is -0.0767. The van der Waals surface area contributed by atoms with Gasteiger partial charge in [-0.25, -0.2) is 4.98 Å². The summed E-state index contributed by atoms with van der Waals surface area (Å²) in [6.07, 6.45) is 1.94. The van der Waals surface area contributed by atoms with E-state index in [0.717, 1.165) is 60.7 Å². The minimum absolute atomic E-state index is 0.0381. The molecular formula is C22H27N5O2. The lowest BCUT2D eigenvalue weighted by molar-refractivity contribution is 0.0342. The molecule has 3 aromatic rings. The molecule has 0 spiro atoms. The molecule has 7 heteroatoms. The maximum atomic E-state index is 13.2. The molecule has 1 saturated heterocycles. The Balaban J connectivity index is 1.63. The molecule has 0 saturated carbocycles. The second-order valence-corrected chi connectivity index (χ2v) is 7.66. The number of nitrogens with one attached hydrogen (secondary N) is 1. The molecule has 2 aromatic heterocycles. The van der Waals surface area contributed by atoms with E-state index in [1.54, 1.807) is 4.68 Å². The predicted octanol–water partition coefficient (Wildman–Crippen LogP) is 2.39. The Labute approximate surface area is 170 Å². The molecule has 0 bridgehead atoms. The number of benzene rings is 1. The number of aromatic nitrogens is 3. The standard InChI is InChI=1S/C22H27N5O2/c1-15(13-27-8-10-29-11-9-27)23-22(28)18-12-21(19-14-26(3)25-16(19)2)24-20-7-5-4-6-17(18)20/h4-7,12,14-15H,8-11,13H2,1-3H3,(H,23,28)/t15-/m0/s1. The zero-order valence-electron chi connectivity index (χ0n) is 17.2. The van der Waals surface area contributed by atoms with Gasteiger partial charge in [-0.3, -0.25) is 14.4 Å². The summed E-state index contributed by atoms with van der Waals surface area (Å²) in [7, 11) is 1.89. The van der Waals surface area contributed by atoms with Gasteiger partial charge in [0.2, 0.25) is 0 Å². The molecule has 1 aliphatic rings. The summed E-state index contributed by atoms with van der Waals surface area (Å²) in [6, 6.07) is 9.69. The van der Waals surface area contributed by atoms with Crippen LogP contribution in [0.1, 0.15) is 23.0 Å². The van der Waals surface area contributed by atoms with E-state index < -0.39 is 0 Å². The molecule has 1 fully saturated rings. The number of aryl methyl sites for hydroxylation is 2. The molecule has 0 unspecified atom stereocenters. The minimum Gasteiger partial charge on any atom is -0.379 e. The monoisotopic (exact) mass is 393 g/mol. The zero-order chi connectivity index (χ0) is 20.4. The number of nitrogens with zero attached hydrogens (tertiary/aromatic N) is 4. The van der Waals surface area contributed by atoms with Gasteiger partial charge in [-0.05, 0) is 26.0 Å². The predicted molar refractivity (Wildman–Crippen MR) is 113 cm³/mol. The van der Waals surface area contributed by atoms with Gasteiger partial charge >= 0.3 is 0 Å². The van der Waals surface area contributed by atoms with Gasteiger partial charge in [0.15, 0.2) is 0 Å². The number of amides is 1. The normalized spacial score (nSPS) is 16.1. The van der Waals surface area contributed by atoms with Crippen LogP contribution in [0.25, 0.3) is 22.2 Å². The smallest absolute Gasteiger partial charge is 0.252 e. The molecule has 4 rings (SSSR count). The molecule has 0 radical (unpaired) electrons. The Morgan fingerprint density at radius 2 is 2.03 bits per heavy atom. The van der Waals surface area contributed by atoms with Gasteiger partial charge in [0.05, 0.1) is 35.7 Å². The van der Waals surface area contributed by atoms with Crippen LogP contribution in [0.2, 0.25) is 0 Å². The lowest BCUT2D eigenvalue weighted by Crippen LogP contribution is -2.46. The van der Waals surface area contributed by atoms with Crippen LogP contribution < -0.4 is 5.32 Å². The third-order valence-corrected chi connectivity index (χ3v) is 5.26. The van der Waals surface area contributed by atoms with Gasteiger partial charge < -0.3 is 10.1 Å². The SMILES string of the molecule is Cc1nn(C)cc1-c1cc(C(=O)N[C@@H](C)CN2CCOCC2)c2ccccc2n1. The molecule has 1 aromatic carbocycles. The molecule has 0 aliphatic carbocycles. The largest absolute Gasteiger partial charge is 0.379 e. The fourth-order valence-corrected chi connectivity index (χ4v) is 3.87. The van der Waals surface area contributed by atoms with Crippen molar-refractivity contribution in [3.8, 4) is 11.3 Å². The van der Waals surface area contributed by atoms with E-state index in [1.165, 1.54) is 0 Å². The second-order valence-electron chi connectivity index (χ2n) is 7.66. The lowest BCUT2D eigenvalue weighted by atomic mass is 10.0. The van der Waals surface area contributed by atoms with E-state index in [1.807, 2.05) is 57.4 Å². The Bertz CT molecular complexity index is 1020. The molecule has 1 aliphatic heterocycles. The van der Waals surface area contributed by atoms with E-state index in [4.69, 9.17) is 9.72 Å². The van der Waals surface area contributed by atoms with Gasteiger partial charge in [0.25, 0.3) is 5.91 Å². The highest BCUT2D eigenvalue weighted by molar-refractivity contribution is 6.07. The van der Waals surface area contributed by atoms with Crippen molar-refractivity contribution in [2.45, 2.75) is 19.9 Å². The average molecular weight is 393 g/mol. The molecule has 152 valence electrons. The second kappa shape index (κ2) is 8.31. The molecule has 3 heterocycles. The van der Waals surface area contributed by atoms with Gasteiger partial charge in [-0.1, -0.05) is 18.2 Å². The number of ether oxygens (including phenoxy) is 1. The summed E-state index contributed by atoms with van der Waals surface area (Å²) in [6.45, 7) is 8.13. The van der Waals surface area contributed by atoms with Crippen molar-refractivity contribution >= 4 is 16.8 Å². The number of pyridine rings is 1. The van der Waals surface area contributed by atoms with Gasteiger partial charge in [-0.2, -0.15) is 5.10 Å². The summed E-state index contributed by atoms with van der Waals surface area (Å²) in [4.78, 5) is 20.3. The first-order valence-electron chi connectivity index (χ1n) is 10.0. The summed E-state index contributed by atoms with van der Waals surface area (Å²) >= 11 is 0. The number of fused-ring (bicyclic) bond motifs is 1. The Morgan fingerprint density at radius 1 is 1.28 bits per heavy atom. The van der Waals surface area contributed by atoms with Gasteiger partial charge in [0, 0.05) is 49.9 Å². The fraction of sp³-hybridized carbons (Fsp3) is 0.409. The van der Waals surface area contributed by atoms with Crippen LogP contribution in [0, 0.1) is 6.92 Å². The number of morpholine rings is 1. The zero-order valence-corrected chi connectivity index (χ0v) is 17.2. The van der Waals surface area contributed by atoms with Crippen molar-refractivity contribution in [2.24, 2.45) is 7.05 Å². The quantitative estimate of drug-likeness (QED) is 0.721. The van der Waals surface area contributed by atoms with Crippen molar-refractivity contribution in [2.75, 3.05) is 32.8 Å². The van der Waals surface area contributed by atoms with Crippen LogP contribution in [-0.4, -0.2) is 64.5 Å². The Kier molecular flexibility index (Phi) is 5.60. The highest BCUT2D eigenvalue weighted by Gasteiger charge is 2.19. The molecule has 1 N–H and O–H groups in total. The molecular weight excluding hydrogens is 366 g/mol. The van der Waals surface area contributed by atoms with Crippen molar-refractivity contribution < 1.29 is 9.53 Å². The lowest BCUT2D eigenvalue weighted by Gasteiger charge is -2.29. The average Bonchev–Trinajstić information content (AvgIpc) is 3.05. The molecule has 1 amide bonds. The summed E-state index contributed by atoms with van der Waals surface area (Å²) in [5.74, 6) is -0.0767. The number of rotatable bonds is 5. The van der Waals surface area contributed by atoms with Crippen LogP contribution in [-0.2, 0) is 11.8 Å². The van der Waals surface area contributed by atoms with Crippen LogP contribution in [0.4, 0.5) is 0 Å². The number of hydrogen-bond donors (Lipinski definition) is 1. The molecule has 1 atom stereocenters. The maximum Gasteiger partial charge on any atom is 0.252 e. The van der Waals surface area contributed by atoms with Crippen molar-refractivity contribution in [1.29, 1.82) is 0 Å². The van der Waals surface area contributed by atoms with Crippen molar-refractivity contribution in [1.82, 2.24) is 25.0 Å². The number of carbonyl (C=O) groups excluding carboxylic acids is 1.